The minimum Gasteiger partial charge on any atom is -0.507 e. The van der Waals surface area contributed by atoms with Gasteiger partial charge < -0.3 is 20.4 Å². The van der Waals surface area contributed by atoms with E-state index in [0.29, 0.717) is 11.1 Å². The van der Waals surface area contributed by atoms with E-state index < -0.39 is 18.7 Å². The number of phenols is 1. The number of carbonyl (C=O) groups is 1. The summed E-state index contributed by atoms with van der Waals surface area (Å²) in [6.45, 7) is 3.41. The highest BCUT2D eigenvalue weighted by Gasteiger charge is 2.28. The molecule has 4 N–H and O–H groups in total. The molecule has 7 heteroatoms. The van der Waals surface area contributed by atoms with Crippen LogP contribution in [0, 0.1) is 6.92 Å². The van der Waals surface area contributed by atoms with Crippen LogP contribution in [0.5, 0.6) is 5.75 Å². The Balaban J connectivity index is 2.88. The maximum absolute atomic E-state index is 11.9. The molecule has 0 amide bonds. The summed E-state index contributed by atoms with van der Waals surface area (Å²) in [7, 11) is -1.70. The fraction of sp³-hybridized carbons (Fsp3) is 0.429. The zero-order chi connectivity index (χ0) is 16.0. The summed E-state index contributed by atoms with van der Waals surface area (Å²) in [6.07, 6.45) is 0.233. The number of oxime groups is 1. The van der Waals surface area contributed by atoms with Crippen LogP contribution in [0.3, 0.4) is 0 Å². The van der Waals surface area contributed by atoms with E-state index in [0.717, 1.165) is 0 Å². The first-order chi connectivity index (χ1) is 9.90. The Morgan fingerprint density at radius 1 is 1.38 bits per heavy atom. The molecular weight excluding hydrogens is 273 g/mol. The Labute approximate surface area is 123 Å². The lowest BCUT2D eigenvalue weighted by atomic mass is 9.66. The number of phenolic OH excluding ortho intramolecular Hbond substituents is 1. The fourth-order valence-electron chi connectivity index (χ4n) is 2.13. The molecule has 0 unspecified atom stereocenters. The van der Waals surface area contributed by atoms with Gasteiger partial charge in [-0.3, -0.25) is 4.79 Å². The Morgan fingerprint density at radius 3 is 2.57 bits per heavy atom. The maximum Gasteiger partial charge on any atom is 0.455 e. The van der Waals surface area contributed by atoms with Gasteiger partial charge >= 0.3 is 7.12 Å². The van der Waals surface area contributed by atoms with Crippen LogP contribution in [-0.4, -0.2) is 39.0 Å². The molecule has 0 fully saturated rings. The van der Waals surface area contributed by atoms with Gasteiger partial charge in [-0.2, -0.15) is 0 Å². The van der Waals surface area contributed by atoms with Crippen LogP contribution in [0.2, 0.25) is 5.82 Å². The van der Waals surface area contributed by atoms with Crippen LogP contribution < -0.4 is 0 Å². The average Bonchev–Trinajstić information content (AvgIpc) is 2.44. The van der Waals surface area contributed by atoms with Crippen molar-refractivity contribution in [3.63, 3.8) is 0 Å². The van der Waals surface area contributed by atoms with Crippen molar-refractivity contribution in [1.29, 1.82) is 0 Å². The van der Waals surface area contributed by atoms with Crippen molar-refractivity contribution in [2.45, 2.75) is 38.9 Å². The highest BCUT2D eigenvalue weighted by molar-refractivity contribution is 6.46. The molecule has 0 radical (unpaired) electrons. The van der Waals surface area contributed by atoms with Crippen LogP contribution in [0.15, 0.2) is 23.4 Å². The second kappa shape index (κ2) is 7.80. The van der Waals surface area contributed by atoms with E-state index in [4.69, 9.17) is 5.21 Å². The molecule has 0 saturated heterocycles. The van der Waals surface area contributed by atoms with Gasteiger partial charge in [-0.15, -0.1) is 0 Å². The Morgan fingerprint density at radius 2 is 2.05 bits per heavy atom. The Kier molecular flexibility index (Phi) is 6.39. The molecular formula is C14H20BNO5. The number of aromatic hydroxyl groups is 1. The van der Waals surface area contributed by atoms with E-state index >= 15 is 0 Å². The van der Waals surface area contributed by atoms with Crippen LogP contribution in [-0.2, 0) is 11.2 Å². The zero-order valence-corrected chi connectivity index (χ0v) is 12.2. The number of carbonyl (C=O) groups excluding carboxylic acids is 1. The van der Waals surface area contributed by atoms with Crippen molar-refractivity contribution in [1.82, 2.24) is 0 Å². The van der Waals surface area contributed by atoms with E-state index in [-0.39, 0.29) is 30.7 Å². The van der Waals surface area contributed by atoms with E-state index in [2.05, 4.69) is 5.16 Å². The number of para-hydroxylation sites is 1. The number of hydrogen-bond acceptors (Lipinski definition) is 6. The number of rotatable bonds is 7. The first kappa shape index (κ1) is 17.2. The second-order valence-electron chi connectivity index (χ2n) is 4.99. The van der Waals surface area contributed by atoms with Crippen molar-refractivity contribution in [3.05, 3.63) is 29.3 Å². The molecule has 1 rings (SSSR count). The molecule has 1 aromatic rings. The molecule has 0 aliphatic carbocycles. The largest absolute Gasteiger partial charge is 0.507 e. The predicted octanol–water partition coefficient (Wildman–Crippen LogP) is 1.29. The number of nitrogens with zero attached hydrogens (tertiary/aromatic N) is 1. The van der Waals surface area contributed by atoms with Crippen molar-refractivity contribution in [2.75, 3.05) is 0 Å². The monoisotopic (exact) mass is 293 g/mol. The quantitative estimate of drug-likeness (QED) is 0.262. The summed E-state index contributed by atoms with van der Waals surface area (Å²) in [5.74, 6) is -1.14. The third-order valence-corrected chi connectivity index (χ3v) is 3.45. The van der Waals surface area contributed by atoms with Crippen LogP contribution in [0.4, 0.5) is 0 Å². The summed E-state index contributed by atoms with van der Waals surface area (Å²) in [6, 6.07) is 5.16. The average molecular weight is 293 g/mol. The summed E-state index contributed by atoms with van der Waals surface area (Å²) in [4.78, 5) is 11.9. The first-order valence-corrected chi connectivity index (χ1v) is 6.78. The molecule has 6 nitrogen and oxygen atoms in total. The second-order valence-corrected chi connectivity index (χ2v) is 4.99. The molecule has 21 heavy (non-hydrogen) atoms. The number of ketones is 1. The van der Waals surface area contributed by atoms with E-state index in [1.807, 2.05) is 0 Å². The summed E-state index contributed by atoms with van der Waals surface area (Å²) < 4.78 is 0. The van der Waals surface area contributed by atoms with Gasteiger partial charge in [-0.05, 0) is 30.9 Å². The molecule has 0 bridgehead atoms. The normalized spacial score (nSPS) is 13.0. The molecule has 0 aliphatic rings. The number of aryl methyl sites for hydroxylation is 1. The zero-order valence-electron chi connectivity index (χ0n) is 12.2. The molecule has 1 atom stereocenters. The summed E-state index contributed by atoms with van der Waals surface area (Å²) >= 11 is 0. The maximum atomic E-state index is 11.9. The van der Waals surface area contributed by atoms with Gasteiger partial charge in [-0.1, -0.05) is 30.3 Å². The fourth-order valence-corrected chi connectivity index (χ4v) is 2.13. The van der Waals surface area contributed by atoms with E-state index in [1.165, 1.54) is 0 Å². The van der Waals surface area contributed by atoms with Crippen molar-refractivity contribution >= 4 is 18.6 Å². The first-order valence-electron chi connectivity index (χ1n) is 6.78. The van der Waals surface area contributed by atoms with Crippen LogP contribution in [0.1, 0.15) is 30.9 Å². The SMILES string of the molecule is CC/C(=N/O)C(=O)C[C@@H](Cc1cccc(C)c1O)B(O)O. The number of Topliss-reactive ketones (excluding diaryl/α,β-unsaturated/α-hetero) is 1. The van der Waals surface area contributed by atoms with Gasteiger partial charge in [-0.25, -0.2) is 0 Å². The van der Waals surface area contributed by atoms with Gasteiger partial charge in [0.1, 0.15) is 11.5 Å². The number of benzene rings is 1. The van der Waals surface area contributed by atoms with Crippen LogP contribution >= 0.6 is 0 Å². The van der Waals surface area contributed by atoms with Gasteiger partial charge in [0.2, 0.25) is 0 Å². The lowest BCUT2D eigenvalue weighted by Crippen LogP contribution is -2.27. The molecule has 0 heterocycles. The molecule has 1 aromatic carbocycles. The molecule has 0 aliphatic heterocycles. The molecule has 0 aromatic heterocycles. The van der Waals surface area contributed by atoms with Gasteiger partial charge in [0.05, 0.1) is 0 Å². The third-order valence-electron chi connectivity index (χ3n) is 3.45. The summed E-state index contributed by atoms with van der Waals surface area (Å²) in [5, 5.41) is 40.4. The molecule has 114 valence electrons. The van der Waals surface area contributed by atoms with Crippen molar-refractivity contribution in [3.8, 4) is 5.75 Å². The highest BCUT2D eigenvalue weighted by atomic mass is 16.4. The smallest absolute Gasteiger partial charge is 0.455 e. The number of hydrogen-bond donors (Lipinski definition) is 4. The minimum atomic E-state index is -1.70. The van der Waals surface area contributed by atoms with Gasteiger partial charge in [0.25, 0.3) is 0 Å². The highest BCUT2D eigenvalue weighted by Crippen LogP contribution is 2.28. The lowest BCUT2D eigenvalue weighted by Gasteiger charge is -2.16. The molecule has 0 spiro atoms. The van der Waals surface area contributed by atoms with Crippen molar-refractivity contribution < 1.29 is 25.2 Å². The third kappa shape index (κ3) is 4.58. The van der Waals surface area contributed by atoms with Crippen LogP contribution in [0.25, 0.3) is 0 Å². The van der Waals surface area contributed by atoms with Crippen molar-refractivity contribution in [2.24, 2.45) is 5.16 Å². The van der Waals surface area contributed by atoms with Gasteiger partial charge in [0, 0.05) is 12.2 Å². The minimum absolute atomic E-state index is 0.00545. The molecule has 0 saturated carbocycles. The van der Waals surface area contributed by atoms with E-state index in [9.17, 15) is 19.9 Å². The topological polar surface area (TPSA) is 110 Å². The Bertz CT molecular complexity index is 530. The predicted molar refractivity (Wildman–Crippen MR) is 79.6 cm³/mol. The van der Waals surface area contributed by atoms with Gasteiger partial charge in [0.15, 0.2) is 5.78 Å². The Hall–Kier alpha value is -1.86. The standard InChI is InChI=1S/C14H20BNO5/c1-3-12(16-21)13(17)8-11(15(19)20)7-10-6-4-5-9(2)14(10)18/h4-6,11,18-21H,3,7-8H2,1-2H3/b16-12-/t11-/m1/s1. The van der Waals surface area contributed by atoms with E-state index in [1.54, 1.807) is 32.0 Å². The lowest BCUT2D eigenvalue weighted by molar-refractivity contribution is -0.113. The summed E-state index contributed by atoms with van der Waals surface area (Å²) in [5.41, 5.74) is 1.21.